The van der Waals surface area contributed by atoms with E-state index in [4.69, 9.17) is 4.74 Å². The smallest absolute Gasteiger partial charge is 0.234 e. The van der Waals surface area contributed by atoms with Crippen molar-refractivity contribution < 1.29 is 13.2 Å². The first kappa shape index (κ1) is 17.2. The molecule has 7 nitrogen and oxygen atoms in total. The number of anilines is 2. The molecule has 1 aromatic carbocycles. The van der Waals surface area contributed by atoms with Gasteiger partial charge in [-0.3, -0.25) is 4.72 Å². The molecular formula is C15H20N4O3S. The highest BCUT2D eigenvalue weighted by Gasteiger charge is 2.11. The molecule has 0 atom stereocenters. The molecule has 0 aliphatic rings. The molecule has 0 radical (unpaired) electrons. The SMILES string of the molecule is COCCNc1ccc(NS(=O)(=O)CCc2ccccc2)nn1. The minimum absolute atomic E-state index is 0.00741. The Bertz CT molecular complexity index is 690. The van der Waals surface area contributed by atoms with Crippen LogP contribution < -0.4 is 10.0 Å². The number of benzene rings is 1. The number of hydrogen-bond acceptors (Lipinski definition) is 6. The molecule has 0 unspecified atom stereocenters. The van der Waals surface area contributed by atoms with Gasteiger partial charge in [0.05, 0.1) is 12.4 Å². The fourth-order valence-electron chi connectivity index (χ4n) is 1.87. The molecule has 2 N–H and O–H groups in total. The summed E-state index contributed by atoms with van der Waals surface area (Å²) in [4.78, 5) is 0. The Kier molecular flexibility index (Phi) is 6.30. The Hall–Kier alpha value is -2.19. The van der Waals surface area contributed by atoms with E-state index in [1.54, 1.807) is 19.2 Å². The van der Waals surface area contributed by atoms with E-state index in [9.17, 15) is 8.42 Å². The molecule has 2 aromatic rings. The Morgan fingerprint density at radius 2 is 1.74 bits per heavy atom. The molecule has 23 heavy (non-hydrogen) atoms. The van der Waals surface area contributed by atoms with Crippen molar-refractivity contribution in [1.29, 1.82) is 0 Å². The summed E-state index contributed by atoms with van der Waals surface area (Å²) >= 11 is 0. The van der Waals surface area contributed by atoms with E-state index >= 15 is 0 Å². The van der Waals surface area contributed by atoms with E-state index in [2.05, 4.69) is 20.2 Å². The molecule has 1 heterocycles. The van der Waals surface area contributed by atoms with Crippen LogP contribution in [0, 0.1) is 0 Å². The zero-order valence-corrected chi connectivity index (χ0v) is 13.7. The second-order valence-electron chi connectivity index (χ2n) is 4.88. The summed E-state index contributed by atoms with van der Waals surface area (Å²) in [6.45, 7) is 1.16. The standard InChI is InChI=1S/C15H20N4O3S/c1-22-11-10-16-14-7-8-15(18-17-14)19-23(20,21)12-9-13-5-3-2-4-6-13/h2-8H,9-12H2,1H3,(H,16,17)(H,18,19). The number of methoxy groups -OCH3 is 1. The molecule has 0 bridgehead atoms. The highest BCUT2D eigenvalue weighted by atomic mass is 32.2. The molecule has 1 aromatic heterocycles. The Labute approximate surface area is 136 Å². The molecule has 8 heteroatoms. The van der Waals surface area contributed by atoms with Gasteiger partial charge in [0, 0.05) is 13.7 Å². The number of hydrogen-bond donors (Lipinski definition) is 2. The van der Waals surface area contributed by atoms with Crippen molar-refractivity contribution in [3.63, 3.8) is 0 Å². The van der Waals surface area contributed by atoms with E-state index in [-0.39, 0.29) is 11.6 Å². The van der Waals surface area contributed by atoms with Gasteiger partial charge in [-0.1, -0.05) is 30.3 Å². The Morgan fingerprint density at radius 1 is 1.04 bits per heavy atom. The van der Waals surface area contributed by atoms with Crippen LogP contribution >= 0.6 is 0 Å². The highest BCUT2D eigenvalue weighted by Crippen LogP contribution is 2.09. The van der Waals surface area contributed by atoms with Crippen LogP contribution in [0.2, 0.25) is 0 Å². The van der Waals surface area contributed by atoms with Gasteiger partial charge < -0.3 is 10.1 Å². The van der Waals surface area contributed by atoms with Crippen LogP contribution in [-0.2, 0) is 21.2 Å². The van der Waals surface area contributed by atoms with E-state index < -0.39 is 10.0 Å². The van der Waals surface area contributed by atoms with Crippen LogP contribution in [0.5, 0.6) is 0 Å². The lowest BCUT2D eigenvalue weighted by Crippen LogP contribution is -2.19. The normalized spacial score (nSPS) is 11.2. The van der Waals surface area contributed by atoms with Crippen molar-refractivity contribution in [2.75, 3.05) is 36.1 Å². The van der Waals surface area contributed by atoms with Crippen LogP contribution in [0.25, 0.3) is 0 Å². The number of ether oxygens (including phenoxy) is 1. The van der Waals surface area contributed by atoms with Crippen LogP contribution in [0.4, 0.5) is 11.6 Å². The molecule has 0 aliphatic carbocycles. The average Bonchev–Trinajstić information content (AvgIpc) is 2.56. The second-order valence-corrected chi connectivity index (χ2v) is 6.72. The number of aromatic nitrogens is 2. The molecule has 2 rings (SSSR count). The topological polar surface area (TPSA) is 93.2 Å². The van der Waals surface area contributed by atoms with Crippen LogP contribution in [0.3, 0.4) is 0 Å². The predicted octanol–water partition coefficient (Wildman–Crippen LogP) is 1.52. The molecule has 0 aliphatic heterocycles. The molecule has 0 fully saturated rings. The van der Waals surface area contributed by atoms with Crippen molar-refractivity contribution in [3.8, 4) is 0 Å². The highest BCUT2D eigenvalue weighted by molar-refractivity contribution is 7.92. The molecule has 0 spiro atoms. The number of nitrogens with one attached hydrogen (secondary N) is 2. The van der Waals surface area contributed by atoms with E-state index in [0.29, 0.717) is 25.4 Å². The first-order chi connectivity index (χ1) is 11.1. The van der Waals surface area contributed by atoms with Gasteiger partial charge >= 0.3 is 0 Å². The molecule has 0 amide bonds. The van der Waals surface area contributed by atoms with Crippen molar-refractivity contribution in [1.82, 2.24) is 10.2 Å². The van der Waals surface area contributed by atoms with Crippen LogP contribution in [-0.4, -0.2) is 44.6 Å². The van der Waals surface area contributed by atoms with Crippen molar-refractivity contribution in [3.05, 3.63) is 48.0 Å². The maximum Gasteiger partial charge on any atom is 0.234 e. The third kappa shape index (κ3) is 6.21. The number of aryl methyl sites for hydroxylation is 1. The number of nitrogens with zero attached hydrogens (tertiary/aromatic N) is 2. The monoisotopic (exact) mass is 336 g/mol. The van der Waals surface area contributed by atoms with Gasteiger partial charge in [-0.25, -0.2) is 8.42 Å². The molecule has 0 saturated heterocycles. The van der Waals surface area contributed by atoms with Gasteiger partial charge in [0.15, 0.2) is 5.82 Å². The van der Waals surface area contributed by atoms with E-state index in [0.717, 1.165) is 5.56 Å². The summed E-state index contributed by atoms with van der Waals surface area (Å²) in [5.41, 5.74) is 0.974. The third-order valence-electron chi connectivity index (χ3n) is 3.04. The molecule has 0 saturated carbocycles. The van der Waals surface area contributed by atoms with Crippen LogP contribution in [0.1, 0.15) is 5.56 Å². The van der Waals surface area contributed by atoms with Gasteiger partial charge in [0.2, 0.25) is 10.0 Å². The predicted molar refractivity (Wildman–Crippen MR) is 90.0 cm³/mol. The number of sulfonamides is 1. The summed E-state index contributed by atoms with van der Waals surface area (Å²) < 4.78 is 31.5. The maximum atomic E-state index is 12.1. The molecule has 124 valence electrons. The first-order valence-electron chi connectivity index (χ1n) is 7.20. The lowest BCUT2D eigenvalue weighted by atomic mass is 10.2. The van der Waals surface area contributed by atoms with Gasteiger partial charge in [-0.05, 0) is 24.1 Å². The fourth-order valence-corrected chi connectivity index (χ4v) is 2.90. The van der Waals surface area contributed by atoms with Crippen molar-refractivity contribution in [2.45, 2.75) is 6.42 Å². The number of rotatable bonds is 9. The fraction of sp³-hybridized carbons (Fsp3) is 0.333. The summed E-state index contributed by atoms with van der Waals surface area (Å²) in [5, 5.41) is 10.8. The van der Waals surface area contributed by atoms with Crippen LogP contribution in [0.15, 0.2) is 42.5 Å². The first-order valence-corrected chi connectivity index (χ1v) is 8.85. The zero-order valence-electron chi connectivity index (χ0n) is 12.9. The average molecular weight is 336 g/mol. The third-order valence-corrected chi connectivity index (χ3v) is 4.30. The summed E-state index contributed by atoms with van der Waals surface area (Å²) in [6.07, 6.45) is 0.445. The quantitative estimate of drug-likeness (QED) is 0.675. The Balaban J connectivity index is 1.87. The summed E-state index contributed by atoms with van der Waals surface area (Å²) in [6, 6.07) is 12.7. The maximum absolute atomic E-state index is 12.1. The van der Waals surface area contributed by atoms with E-state index in [1.165, 1.54) is 0 Å². The van der Waals surface area contributed by atoms with Crippen molar-refractivity contribution in [2.24, 2.45) is 0 Å². The van der Waals surface area contributed by atoms with Gasteiger partial charge in [-0.2, -0.15) is 0 Å². The Morgan fingerprint density at radius 3 is 2.39 bits per heavy atom. The molecular weight excluding hydrogens is 316 g/mol. The second kappa shape index (κ2) is 8.44. The lowest BCUT2D eigenvalue weighted by molar-refractivity contribution is 0.210. The minimum Gasteiger partial charge on any atom is -0.383 e. The summed E-state index contributed by atoms with van der Waals surface area (Å²) in [7, 11) is -1.85. The van der Waals surface area contributed by atoms with Gasteiger partial charge in [0.1, 0.15) is 5.82 Å². The van der Waals surface area contributed by atoms with E-state index in [1.807, 2.05) is 30.3 Å². The van der Waals surface area contributed by atoms with Gasteiger partial charge in [-0.15, -0.1) is 10.2 Å². The zero-order chi connectivity index (χ0) is 16.5. The minimum atomic E-state index is -3.46. The van der Waals surface area contributed by atoms with Gasteiger partial charge in [0.25, 0.3) is 0 Å². The summed E-state index contributed by atoms with van der Waals surface area (Å²) in [5.74, 6) is 0.761. The lowest BCUT2D eigenvalue weighted by Gasteiger charge is -2.08. The van der Waals surface area contributed by atoms with Crippen molar-refractivity contribution >= 4 is 21.7 Å². The largest absolute Gasteiger partial charge is 0.383 e.